The zero-order valence-corrected chi connectivity index (χ0v) is 14.7. The lowest BCUT2D eigenvalue weighted by molar-refractivity contribution is -0.136. The minimum atomic E-state index is -0.0641. The van der Waals surface area contributed by atoms with E-state index in [1.165, 1.54) is 12.5 Å². The summed E-state index contributed by atoms with van der Waals surface area (Å²) >= 11 is 0. The van der Waals surface area contributed by atoms with Gasteiger partial charge >= 0.3 is 0 Å². The number of hydrogen-bond acceptors (Lipinski definition) is 5. The smallest absolute Gasteiger partial charge is 0.236 e. The van der Waals surface area contributed by atoms with Crippen LogP contribution in [0.2, 0.25) is 0 Å². The maximum Gasteiger partial charge on any atom is 0.236 e. The molecule has 3 heterocycles. The Kier molecular flexibility index (Phi) is 5.99. The molecule has 25 heavy (non-hydrogen) atoms. The summed E-state index contributed by atoms with van der Waals surface area (Å²) in [5.74, 6) is 0.119. The standard InChI is InChI=1S/C18H26N4O3/c1-14(23)20-12-16-11-15(4-5-19-16)17-3-2-6-22(17)13-18(24)21-7-9-25-10-8-21/h4-5,11,17H,2-3,6-10,12-13H2,1H3,(H,20,23)/t17-/m0/s1. The van der Waals surface area contributed by atoms with E-state index in [1.807, 2.05) is 17.0 Å². The fourth-order valence-electron chi connectivity index (χ4n) is 3.50. The lowest BCUT2D eigenvalue weighted by atomic mass is 10.0. The summed E-state index contributed by atoms with van der Waals surface area (Å²) in [6.07, 6.45) is 3.91. The van der Waals surface area contributed by atoms with Gasteiger partial charge in [-0.2, -0.15) is 0 Å². The van der Waals surface area contributed by atoms with E-state index in [4.69, 9.17) is 4.74 Å². The fraction of sp³-hybridized carbons (Fsp3) is 0.611. The summed E-state index contributed by atoms with van der Waals surface area (Å²) in [7, 11) is 0. The van der Waals surface area contributed by atoms with E-state index in [-0.39, 0.29) is 17.9 Å². The Hall–Kier alpha value is -1.99. The van der Waals surface area contributed by atoms with E-state index in [1.54, 1.807) is 6.20 Å². The molecule has 0 saturated carbocycles. The predicted octanol–water partition coefficient (Wildman–Crippen LogP) is 0.713. The fourth-order valence-corrected chi connectivity index (χ4v) is 3.50. The molecule has 1 N–H and O–H groups in total. The van der Waals surface area contributed by atoms with E-state index < -0.39 is 0 Å². The number of likely N-dealkylation sites (tertiary alicyclic amines) is 1. The zero-order valence-electron chi connectivity index (χ0n) is 14.7. The number of morpholine rings is 1. The number of carbonyl (C=O) groups is 2. The molecule has 0 spiro atoms. The van der Waals surface area contributed by atoms with Crippen molar-refractivity contribution in [3.8, 4) is 0 Å². The number of amides is 2. The predicted molar refractivity (Wildman–Crippen MR) is 92.7 cm³/mol. The van der Waals surface area contributed by atoms with Gasteiger partial charge in [0.2, 0.25) is 11.8 Å². The summed E-state index contributed by atoms with van der Waals surface area (Å²) in [5, 5.41) is 2.78. The maximum atomic E-state index is 12.5. The molecule has 1 aromatic rings. The third-order valence-corrected chi connectivity index (χ3v) is 4.81. The van der Waals surface area contributed by atoms with Crippen LogP contribution >= 0.6 is 0 Å². The number of aromatic nitrogens is 1. The van der Waals surface area contributed by atoms with Crippen LogP contribution in [0.25, 0.3) is 0 Å². The van der Waals surface area contributed by atoms with Crippen molar-refractivity contribution in [3.63, 3.8) is 0 Å². The molecule has 0 aliphatic carbocycles. The molecule has 2 saturated heterocycles. The quantitative estimate of drug-likeness (QED) is 0.850. The van der Waals surface area contributed by atoms with Gasteiger partial charge in [-0.15, -0.1) is 0 Å². The van der Waals surface area contributed by atoms with Gasteiger partial charge in [-0.05, 0) is 37.1 Å². The number of rotatable bonds is 5. The molecule has 2 aliphatic heterocycles. The third-order valence-electron chi connectivity index (χ3n) is 4.81. The molecule has 7 nitrogen and oxygen atoms in total. The maximum absolute atomic E-state index is 12.5. The lowest BCUT2D eigenvalue weighted by Crippen LogP contribution is -2.45. The van der Waals surface area contributed by atoms with Crippen LogP contribution in [0.3, 0.4) is 0 Å². The molecule has 0 aromatic carbocycles. The van der Waals surface area contributed by atoms with Crippen molar-refractivity contribution in [2.75, 3.05) is 39.4 Å². The van der Waals surface area contributed by atoms with Crippen molar-refractivity contribution in [1.29, 1.82) is 0 Å². The highest BCUT2D eigenvalue weighted by atomic mass is 16.5. The van der Waals surface area contributed by atoms with Gasteiger partial charge in [0.05, 0.1) is 32.0 Å². The van der Waals surface area contributed by atoms with E-state index in [2.05, 4.69) is 15.2 Å². The van der Waals surface area contributed by atoms with Crippen LogP contribution in [-0.4, -0.2) is 66.0 Å². The largest absolute Gasteiger partial charge is 0.378 e. The van der Waals surface area contributed by atoms with Crippen LogP contribution in [0.15, 0.2) is 18.3 Å². The molecule has 136 valence electrons. The molecule has 7 heteroatoms. The first kappa shape index (κ1) is 17.8. The van der Waals surface area contributed by atoms with Crippen molar-refractivity contribution in [3.05, 3.63) is 29.6 Å². The van der Waals surface area contributed by atoms with Crippen LogP contribution in [0.5, 0.6) is 0 Å². The average molecular weight is 346 g/mol. The van der Waals surface area contributed by atoms with Crippen LogP contribution in [0, 0.1) is 0 Å². The SMILES string of the molecule is CC(=O)NCc1cc([C@@H]2CCCN2CC(=O)N2CCOCC2)ccn1. The van der Waals surface area contributed by atoms with Gasteiger partial charge in [0, 0.05) is 32.3 Å². The summed E-state index contributed by atoms with van der Waals surface area (Å²) in [4.78, 5) is 32.1. The molecule has 3 rings (SSSR count). The Bertz CT molecular complexity index is 616. The van der Waals surface area contributed by atoms with Gasteiger partial charge < -0.3 is 15.0 Å². The Labute approximate surface area is 148 Å². The lowest BCUT2D eigenvalue weighted by Gasteiger charge is -2.31. The minimum absolute atomic E-state index is 0.0641. The molecule has 0 unspecified atom stereocenters. The number of pyridine rings is 1. The highest BCUT2D eigenvalue weighted by molar-refractivity contribution is 5.78. The first-order valence-electron chi connectivity index (χ1n) is 8.92. The molecule has 1 atom stereocenters. The molecule has 2 amide bonds. The topological polar surface area (TPSA) is 74.8 Å². The highest BCUT2D eigenvalue weighted by Crippen LogP contribution is 2.31. The summed E-state index contributed by atoms with van der Waals surface area (Å²) < 4.78 is 5.32. The van der Waals surface area contributed by atoms with Gasteiger partial charge in [0.1, 0.15) is 0 Å². The summed E-state index contributed by atoms with van der Waals surface area (Å²) in [6, 6.07) is 4.29. The molecule has 0 bridgehead atoms. The molecular weight excluding hydrogens is 320 g/mol. The second-order valence-electron chi connectivity index (χ2n) is 6.61. The molecule has 2 fully saturated rings. The number of nitrogens with one attached hydrogen (secondary N) is 1. The third kappa shape index (κ3) is 4.76. The molecule has 0 radical (unpaired) electrons. The number of ether oxygens (including phenoxy) is 1. The van der Waals surface area contributed by atoms with Crippen molar-refractivity contribution < 1.29 is 14.3 Å². The molecular formula is C18H26N4O3. The van der Waals surface area contributed by atoms with Crippen molar-refractivity contribution >= 4 is 11.8 Å². The van der Waals surface area contributed by atoms with Crippen molar-refractivity contribution in [2.45, 2.75) is 32.4 Å². The number of hydrogen-bond donors (Lipinski definition) is 1. The summed E-state index contributed by atoms with van der Waals surface area (Å²) in [6.45, 7) is 5.96. The van der Waals surface area contributed by atoms with Gasteiger partial charge in [-0.3, -0.25) is 19.5 Å². The Balaban J connectivity index is 1.63. The molecule has 1 aromatic heterocycles. The highest BCUT2D eigenvalue weighted by Gasteiger charge is 2.29. The Morgan fingerprint density at radius 1 is 1.32 bits per heavy atom. The Morgan fingerprint density at radius 3 is 2.88 bits per heavy atom. The summed E-state index contributed by atoms with van der Waals surface area (Å²) in [5.41, 5.74) is 2.02. The number of nitrogens with zero attached hydrogens (tertiary/aromatic N) is 3. The van der Waals surface area contributed by atoms with E-state index in [0.717, 1.165) is 25.1 Å². The first-order chi connectivity index (χ1) is 12.1. The van der Waals surface area contributed by atoms with Gasteiger partial charge in [-0.1, -0.05) is 0 Å². The van der Waals surface area contributed by atoms with E-state index >= 15 is 0 Å². The van der Waals surface area contributed by atoms with E-state index in [0.29, 0.717) is 39.4 Å². The van der Waals surface area contributed by atoms with Crippen molar-refractivity contribution in [1.82, 2.24) is 20.1 Å². The molecule has 2 aliphatic rings. The second kappa shape index (κ2) is 8.40. The average Bonchev–Trinajstić information content (AvgIpc) is 3.09. The monoisotopic (exact) mass is 346 g/mol. The van der Waals surface area contributed by atoms with Crippen LogP contribution in [-0.2, 0) is 20.9 Å². The first-order valence-corrected chi connectivity index (χ1v) is 8.92. The van der Waals surface area contributed by atoms with Crippen molar-refractivity contribution in [2.24, 2.45) is 0 Å². The Morgan fingerprint density at radius 2 is 2.12 bits per heavy atom. The second-order valence-corrected chi connectivity index (χ2v) is 6.61. The van der Waals surface area contributed by atoms with Gasteiger partial charge in [0.15, 0.2) is 0 Å². The van der Waals surface area contributed by atoms with Crippen LogP contribution in [0.1, 0.15) is 37.1 Å². The minimum Gasteiger partial charge on any atom is -0.378 e. The van der Waals surface area contributed by atoms with Crippen LogP contribution in [0.4, 0.5) is 0 Å². The van der Waals surface area contributed by atoms with Gasteiger partial charge in [0.25, 0.3) is 0 Å². The van der Waals surface area contributed by atoms with Gasteiger partial charge in [-0.25, -0.2) is 0 Å². The van der Waals surface area contributed by atoms with Crippen LogP contribution < -0.4 is 5.32 Å². The normalized spacial score (nSPS) is 21.3. The number of carbonyl (C=O) groups excluding carboxylic acids is 2. The zero-order chi connectivity index (χ0) is 17.6. The van der Waals surface area contributed by atoms with E-state index in [9.17, 15) is 9.59 Å².